The van der Waals surface area contributed by atoms with Gasteiger partial charge in [-0.1, -0.05) is 15.9 Å². The van der Waals surface area contributed by atoms with Gasteiger partial charge >= 0.3 is 5.97 Å². The van der Waals surface area contributed by atoms with Gasteiger partial charge in [-0.3, -0.25) is 9.59 Å². The Kier molecular flexibility index (Phi) is 4.75. The standard InChI is InChI=1S/C14H15BrFNO3/c15-10-5-6-11(16)12(7-10)17-13(18)8-1-3-9(4-2-8)14(19)20/h5-9H,1-4H2,(H,17,18)(H,19,20). The predicted octanol–water partition coefficient (Wildman–Crippen LogP) is 3.42. The number of aliphatic carboxylic acids is 1. The summed E-state index contributed by atoms with van der Waals surface area (Å²) in [6, 6.07) is 4.35. The Labute approximate surface area is 124 Å². The van der Waals surface area contributed by atoms with Crippen LogP contribution in [0.3, 0.4) is 0 Å². The molecule has 0 bridgehead atoms. The van der Waals surface area contributed by atoms with Crippen LogP contribution in [0.2, 0.25) is 0 Å². The number of benzene rings is 1. The topological polar surface area (TPSA) is 66.4 Å². The van der Waals surface area contributed by atoms with Crippen LogP contribution in [-0.4, -0.2) is 17.0 Å². The Morgan fingerprint density at radius 3 is 2.40 bits per heavy atom. The second-order valence-corrected chi connectivity index (χ2v) is 5.92. The molecule has 1 amide bonds. The summed E-state index contributed by atoms with van der Waals surface area (Å²) in [4.78, 5) is 22.9. The van der Waals surface area contributed by atoms with E-state index < -0.39 is 11.8 Å². The Morgan fingerprint density at radius 1 is 1.20 bits per heavy atom. The van der Waals surface area contributed by atoms with Crippen molar-refractivity contribution < 1.29 is 19.1 Å². The Balaban J connectivity index is 1.96. The Morgan fingerprint density at radius 2 is 1.80 bits per heavy atom. The smallest absolute Gasteiger partial charge is 0.306 e. The van der Waals surface area contributed by atoms with E-state index in [0.29, 0.717) is 30.2 Å². The molecule has 2 rings (SSSR count). The fourth-order valence-electron chi connectivity index (χ4n) is 2.43. The van der Waals surface area contributed by atoms with Crippen molar-refractivity contribution >= 4 is 33.5 Å². The monoisotopic (exact) mass is 343 g/mol. The maximum Gasteiger partial charge on any atom is 0.306 e. The Bertz CT molecular complexity index is 527. The molecule has 1 aromatic carbocycles. The minimum Gasteiger partial charge on any atom is -0.481 e. The van der Waals surface area contributed by atoms with Crippen molar-refractivity contribution in [2.45, 2.75) is 25.7 Å². The van der Waals surface area contributed by atoms with Crippen LogP contribution < -0.4 is 5.32 Å². The van der Waals surface area contributed by atoms with Crippen LogP contribution in [0.1, 0.15) is 25.7 Å². The average Bonchev–Trinajstić information content (AvgIpc) is 2.43. The fourth-order valence-corrected chi connectivity index (χ4v) is 2.79. The zero-order chi connectivity index (χ0) is 14.7. The highest BCUT2D eigenvalue weighted by Crippen LogP contribution is 2.30. The van der Waals surface area contributed by atoms with E-state index in [9.17, 15) is 14.0 Å². The van der Waals surface area contributed by atoms with Crippen molar-refractivity contribution in [3.05, 3.63) is 28.5 Å². The molecule has 0 aliphatic heterocycles. The minimum atomic E-state index is -0.804. The molecule has 1 aliphatic rings. The van der Waals surface area contributed by atoms with Gasteiger partial charge < -0.3 is 10.4 Å². The van der Waals surface area contributed by atoms with Crippen LogP contribution in [0.15, 0.2) is 22.7 Å². The highest BCUT2D eigenvalue weighted by molar-refractivity contribution is 9.10. The molecule has 1 fully saturated rings. The molecule has 0 saturated heterocycles. The highest BCUT2D eigenvalue weighted by atomic mass is 79.9. The van der Waals surface area contributed by atoms with E-state index in [-0.39, 0.29) is 23.4 Å². The third kappa shape index (κ3) is 3.56. The van der Waals surface area contributed by atoms with Gasteiger partial charge in [0.15, 0.2) is 0 Å². The second-order valence-electron chi connectivity index (χ2n) is 5.00. The van der Waals surface area contributed by atoms with Crippen LogP contribution in [0, 0.1) is 17.7 Å². The lowest BCUT2D eigenvalue weighted by atomic mass is 9.81. The van der Waals surface area contributed by atoms with E-state index in [2.05, 4.69) is 21.2 Å². The van der Waals surface area contributed by atoms with Crippen LogP contribution >= 0.6 is 15.9 Å². The normalized spacial score (nSPS) is 22.3. The molecule has 6 heteroatoms. The van der Waals surface area contributed by atoms with Crippen LogP contribution in [0.4, 0.5) is 10.1 Å². The lowest BCUT2D eigenvalue weighted by molar-refractivity contribution is -0.143. The summed E-state index contributed by atoms with van der Waals surface area (Å²) in [5.74, 6) is -2.14. The number of carbonyl (C=O) groups excluding carboxylic acids is 1. The van der Waals surface area contributed by atoms with E-state index in [0.717, 1.165) is 0 Å². The summed E-state index contributed by atoms with van der Waals surface area (Å²) in [6.45, 7) is 0. The second kappa shape index (κ2) is 6.35. The predicted molar refractivity (Wildman–Crippen MR) is 75.8 cm³/mol. The number of hydrogen-bond acceptors (Lipinski definition) is 2. The first-order valence-electron chi connectivity index (χ1n) is 6.46. The molecule has 20 heavy (non-hydrogen) atoms. The molecule has 1 aromatic rings. The lowest BCUT2D eigenvalue weighted by Crippen LogP contribution is -2.29. The molecule has 4 nitrogen and oxygen atoms in total. The first-order valence-corrected chi connectivity index (χ1v) is 7.25. The quantitative estimate of drug-likeness (QED) is 0.883. The number of amides is 1. The molecule has 0 radical (unpaired) electrons. The van der Waals surface area contributed by atoms with E-state index in [1.807, 2.05) is 0 Å². The zero-order valence-electron chi connectivity index (χ0n) is 10.7. The Hall–Kier alpha value is -1.43. The number of carboxylic acid groups (broad SMARTS) is 1. The van der Waals surface area contributed by atoms with Gasteiger partial charge in [0.2, 0.25) is 5.91 Å². The van der Waals surface area contributed by atoms with E-state index in [1.165, 1.54) is 12.1 Å². The van der Waals surface area contributed by atoms with E-state index in [4.69, 9.17) is 5.11 Å². The number of anilines is 1. The molecule has 0 heterocycles. The van der Waals surface area contributed by atoms with E-state index in [1.54, 1.807) is 6.07 Å². The SMILES string of the molecule is O=C(O)C1CCC(C(=O)Nc2cc(Br)ccc2F)CC1. The molecule has 1 aliphatic carbocycles. The minimum absolute atomic E-state index is 0.143. The third-order valence-corrected chi connectivity index (χ3v) is 4.13. The zero-order valence-corrected chi connectivity index (χ0v) is 12.3. The van der Waals surface area contributed by atoms with Gasteiger partial charge in [-0.15, -0.1) is 0 Å². The first-order chi connectivity index (χ1) is 9.47. The van der Waals surface area contributed by atoms with Crippen molar-refractivity contribution in [3.63, 3.8) is 0 Å². The summed E-state index contributed by atoms with van der Waals surface area (Å²) in [7, 11) is 0. The van der Waals surface area contributed by atoms with Gasteiger partial charge in [0.05, 0.1) is 11.6 Å². The van der Waals surface area contributed by atoms with Gasteiger partial charge in [0.1, 0.15) is 5.82 Å². The van der Waals surface area contributed by atoms with Gasteiger partial charge in [0.25, 0.3) is 0 Å². The van der Waals surface area contributed by atoms with Crippen molar-refractivity contribution in [1.29, 1.82) is 0 Å². The van der Waals surface area contributed by atoms with Gasteiger partial charge in [-0.25, -0.2) is 4.39 Å². The summed E-state index contributed by atoms with van der Waals surface area (Å²) < 4.78 is 14.2. The summed E-state index contributed by atoms with van der Waals surface area (Å²) >= 11 is 3.22. The summed E-state index contributed by atoms with van der Waals surface area (Å²) in [6.07, 6.45) is 2.04. The maximum absolute atomic E-state index is 13.6. The van der Waals surface area contributed by atoms with Crippen molar-refractivity contribution in [2.75, 3.05) is 5.32 Å². The molecule has 0 spiro atoms. The molecular weight excluding hydrogens is 329 g/mol. The maximum atomic E-state index is 13.6. The van der Waals surface area contributed by atoms with Crippen LogP contribution in [-0.2, 0) is 9.59 Å². The number of rotatable bonds is 3. The average molecular weight is 344 g/mol. The number of carbonyl (C=O) groups is 2. The molecule has 2 N–H and O–H groups in total. The van der Waals surface area contributed by atoms with Crippen LogP contribution in [0.5, 0.6) is 0 Å². The summed E-state index contributed by atoms with van der Waals surface area (Å²) in [5, 5.41) is 11.5. The van der Waals surface area contributed by atoms with Gasteiger partial charge in [-0.2, -0.15) is 0 Å². The molecule has 0 atom stereocenters. The largest absolute Gasteiger partial charge is 0.481 e. The number of halogens is 2. The lowest BCUT2D eigenvalue weighted by Gasteiger charge is -2.25. The number of nitrogens with one attached hydrogen (secondary N) is 1. The van der Waals surface area contributed by atoms with Crippen LogP contribution in [0.25, 0.3) is 0 Å². The third-order valence-electron chi connectivity index (χ3n) is 3.63. The van der Waals surface area contributed by atoms with Gasteiger partial charge in [0, 0.05) is 10.4 Å². The van der Waals surface area contributed by atoms with Gasteiger partial charge in [-0.05, 0) is 43.9 Å². The van der Waals surface area contributed by atoms with Crippen molar-refractivity contribution in [1.82, 2.24) is 0 Å². The molecule has 108 valence electrons. The van der Waals surface area contributed by atoms with Crippen molar-refractivity contribution in [2.24, 2.45) is 11.8 Å². The molecular formula is C14H15BrFNO3. The highest BCUT2D eigenvalue weighted by Gasteiger charge is 2.29. The number of hydrogen-bond donors (Lipinski definition) is 2. The van der Waals surface area contributed by atoms with Crippen molar-refractivity contribution in [3.8, 4) is 0 Å². The van der Waals surface area contributed by atoms with E-state index >= 15 is 0 Å². The molecule has 0 aromatic heterocycles. The first kappa shape index (κ1) is 15.0. The molecule has 0 unspecified atom stereocenters. The fraction of sp³-hybridized carbons (Fsp3) is 0.429. The number of carboxylic acids is 1. The summed E-state index contributed by atoms with van der Waals surface area (Å²) in [5.41, 5.74) is 0.143. The molecule has 1 saturated carbocycles.